The van der Waals surface area contributed by atoms with Gasteiger partial charge < -0.3 is 10.7 Å². The summed E-state index contributed by atoms with van der Waals surface area (Å²) in [6.07, 6.45) is -2.43. The zero-order valence-corrected chi connectivity index (χ0v) is 9.64. The molecule has 0 amide bonds. The van der Waals surface area contributed by atoms with Crippen LogP contribution in [0.2, 0.25) is 0 Å². The standard InChI is InChI=1S/C13H13F3N2/c14-13(15,16)11-6-8-9(12(7-17)4-5-12)2-1-3-10(8)18-11/h1-3,6,18H,4-5,7,17H2. The minimum atomic E-state index is -4.34. The highest BCUT2D eigenvalue weighted by atomic mass is 19.4. The number of H-pyrrole nitrogens is 1. The summed E-state index contributed by atoms with van der Waals surface area (Å²) in [5.41, 5.74) is 6.42. The number of fused-ring (bicyclic) bond motifs is 1. The smallest absolute Gasteiger partial charge is 0.351 e. The Labute approximate surface area is 102 Å². The number of nitrogens with two attached hydrogens (primary N) is 1. The predicted octanol–water partition coefficient (Wildman–Crippen LogP) is 3.18. The van der Waals surface area contributed by atoms with Crippen LogP contribution in [0.4, 0.5) is 13.2 Å². The van der Waals surface area contributed by atoms with Gasteiger partial charge in [-0.05, 0) is 30.5 Å². The topological polar surface area (TPSA) is 41.8 Å². The molecule has 96 valence electrons. The van der Waals surface area contributed by atoms with Crippen LogP contribution in [0, 0.1) is 0 Å². The summed E-state index contributed by atoms with van der Waals surface area (Å²) < 4.78 is 38.1. The zero-order valence-electron chi connectivity index (χ0n) is 9.64. The van der Waals surface area contributed by atoms with Gasteiger partial charge in [0.05, 0.1) is 0 Å². The van der Waals surface area contributed by atoms with Crippen molar-refractivity contribution in [2.24, 2.45) is 5.73 Å². The molecule has 1 saturated carbocycles. The maximum Gasteiger partial charge on any atom is 0.431 e. The monoisotopic (exact) mass is 254 g/mol. The highest BCUT2D eigenvalue weighted by molar-refractivity contribution is 5.85. The Morgan fingerprint density at radius 2 is 2.00 bits per heavy atom. The molecule has 0 atom stereocenters. The quantitative estimate of drug-likeness (QED) is 0.849. The van der Waals surface area contributed by atoms with Crippen LogP contribution < -0.4 is 5.73 Å². The molecule has 2 nitrogen and oxygen atoms in total. The molecule has 0 spiro atoms. The number of aromatic nitrogens is 1. The fourth-order valence-electron chi connectivity index (χ4n) is 2.50. The Morgan fingerprint density at radius 3 is 2.56 bits per heavy atom. The Kier molecular flexibility index (Phi) is 2.26. The van der Waals surface area contributed by atoms with Crippen LogP contribution in [0.1, 0.15) is 24.1 Å². The third kappa shape index (κ3) is 1.61. The molecule has 5 heteroatoms. The molecule has 1 fully saturated rings. The molecule has 18 heavy (non-hydrogen) atoms. The van der Waals surface area contributed by atoms with Gasteiger partial charge in [0.25, 0.3) is 0 Å². The van der Waals surface area contributed by atoms with Gasteiger partial charge in [-0.1, -0.05) is 12.1 Å². The molecule has 1 aliphatic rings. The fraction of sp³-hybridized carbons (Fsp3) is 0.385. The number of alkyl halides is 3. The van der Waals surface area contributed by atoms with Crippen molar-refractivity contribution in [2.75, 3.05) is 6.54 Å². The summed E-state index contributed by atoms with van der Waals surface area (Å²) in [7, 11) is 0. The molecular weight excluding hydrogens is 241 g/mol. The summed E-state index contributed by atoms with van der Waals surface area (Å²) in [5.74, 6) is 0. The van der Waals surface area contributed by atoms with Crippen molar-refractivity contribution < 1.29 is 13.2 Å². The maximum atomic E-state index is 12.7. The zero-order chi connectivity index (χ0) is 13.0. The van der Waals surface area contributed by atoms with Gasteiger partial charge in [0.2, 0.25) is 0 Å². The van der Waals surface area contributed by atoms with Gasteiger partial charge in [0.15, 0.2) is 0 Å². The number of aromatic amines is 1. The summed E-state index contributed by atoms with van der Waals surface area (Å²) in [5, 5.41) is 0.646. The van der Waals surface area contributed by atoms with E-state index in [4.69, 9.17) is 5.73 Å². The first-order chi connectivity index (χ1) is 8.46. The van der Waals surface area contributed by atoms with Gasteiger partial charge >= 0.3 is 6.18 Å². The van der Waals surface area contributed by atoms with Crippen LogP contribution in [0.15, 0.2) is 24.3 Å². The molecule has 0 unspecified atom stereocenters. The van der Waals surface area contributed by atoms with E-state index in [1.165, 1.54) is 6.07 Å². The van der Waals surface area contributed by atoms with Crippen molar-refractivity contribution in [3.05, 3.63) is 35.5 Å². The van der Waals surface area contributed by atoms with Gasteiger partial charge in [-0.15, -0.1) is 0 Å². The van der Waals surface area contributed by atoms with Gasteiger partial charge in [-0.25, -0.2) is 0 Å². The maximum absolute atomic E-state index is 12.7. The van der Waals surface area contributed by atoms with Crippen molar-refractivity contribution >= 4 is 10.9 Å². The minimum absolute atomic E-state index is 0.107. The molecule has 1 aromatic heterocycles. The number of rotatable bonds is 2. The third-order valence-corrected chi connectivity index (χ3v) is 3.79. The molecule has 0 saturated heterocycles. The predicted molar refractivity (Wildman–Crippen MR) is 63.3 cm³/mol. The second kappa shape index (κ2) is 3.51. The highest BCUT2D eigenvalue weighted by Gasteiger charge is 2.44. The molecule has 1 aromatic carbocycles. The molecular formula is C13H13F3N2. The number of nitrogens with one attached hydrogen (secondary N) is 1. The van der Waals surface area contributed by atoms with Crippen molar-refractivity contribution in [1.82, 2.24) is 4.98 Å². The lowest BCUT2D eigenvalue weighted by Crippen LogP contribution is -2.19. The van der Waals surface area contributed by atoms with E-state index in [0.29, 0.717) is 17.4 Å². The molecule has 0 bridgehead atoms. The Balaban J connectivity index is 2.19. The van der Waals surface area contributed by atoms with E-state index in [1.54, 1.807) is 12.1 Å². The lowest BCUT2D eigenvalue weighted by Gasteiger charge is -2.13. The molecule has 3 rings (SSSR count). The molecule has 1 heterocycles. The summed E-state index contributed by atoms with van der Waals surface area (Å²) >= 11 is 0. The van der Waals surface area contributed by atoms with Crippen molar-refractivity contribution in [3.63, 3.8) is 0 Å². The van der Waals surface area contributed by atoms with E-state index in [9.17, 15) is 13.2 Å². The minimum Gasteiger partial charge on any atom is -0.351 e. The number of hydrogen-bond acceptors (Lipinski definition) is 1. The average Bonchev–Trinajstić information content (AvgIpc) is 2.98. The molecule has 0 radical (unpaired) electrons. The Morgan fingerprint density at radius 1 is 1.28 bits per heavy atom. The molecule has 1 aliphatic carbocycles. The van der Waals surface area contributed by atoms with Crippen molar-refractivity contribution in [2.45, 2.75) is 24.4 Å². The van der Waals surface area contributed by atoms with E-state index in [2.05, 4.69) is 4.98 Å². The number of benzene rings is 1. The lowest BCUT2D eigenvalue weighted by atomic mass is 9.93. The lowest BCUT2D eigenvalue weighted by molar-refractivity contribution is -0.140. The fourth-order valence-corrected chi connectivity index (χ4v) is 2.50. The van der Waals surface area contributed by atoms with Crippen LogP contribution in [0.3, 0.4) is 0 Å². The van der Waals surface area contributed by atoms with E-state index in [1.807, 2.05) is 6.07 Å². The largest absolute Gasteiger partial charge is 0.431 e. The summed E-state index contributed by atoms with van der Waals surface area (Å²) in [6, 6.07) is 6.53. The van der Waals surface area contributed by atoms with E-state index in [-0.39, 0.29) is 5.41 Å². The normalized spacial score (nSPS) is 18.2. The van der Waals surface area contributed by atoms with E-state index in [0.717, 1.165) is 18.4 Å². The van der Waals surface area contributed by atoms with E-state index >= 15 is 0 Å². The first-order valence-corrected chi connectivity index (χ1v) is 5.86. The average molecular weight is 254 g/mol. The molecule has 0 aliphatic heterocycles. The second-order valence-electron chi connectivity index (χ2n) is 4.93. The van der Waals surface area contributed by atoms with Crippen LogP contribution in [0.5, 0.6) is 0 Å². The Hall–Kier alpha value is -1.49. The SMILES string of the molecule is NCC1(c2cccc3[nH]c(C(F)(F)F)cc23)CC1. The van der Waals surface area contributed by atoms with Crippen LogP contribution in [-0.4, -0.2) is 11.5 Å². The first kappa shape index (κ1) is 11.6. The summed E-state index contributed by atoms with van der Waals surface area (Å²) in [4.78, 5) is 2.43. The van der Waals surface area contributed by atoms with Gasteiger partial charge in [0, 0.05) is 22.9 Å². The molecule has 2 aromatic rings. The Bertz CT molecular complexity index is 594. The number of halogens is 3. The van der Waals surface area contributed by atoms with E-state index < -0.39 is 11.9 Å². The van der Waals surface area contributed by atoms with Crippen molar-refractivity contribution in [1.29, 1.82) is 0 Å². The van der Waals surface area contributed by atoms with Crippen LogP contribution >= 0.6 is 0 Å². The van der Waals surface area contributed by atoms with Gasteiger partial charge in [-0.2, -0.15) is 13.2 Å². The van der Waals surface area contributed by atoms with Gasteiger partial charge in [0.1, 0.15) is 5.69 Å². The number of hydrogen-bond donors (Lipinski definition) is 2. The summed E-state index contributed by atoms with van der Waals surface area (Å²) in [6.45, 7) is 0.485. The first-order valence-electron chi connectivity index (χ1n) is 5.86. The third-order valence-electron chi connectivity index (χ3n) is 3.79. The molecule has 3 N–H and O–H groups in total. The van der Waals surface area contributed by atoms with Gasteiger partial charge in [-0.3, -0.25) is 0 Å². The second-order valence-corrected chi connectivity index (χ2v) is 4.93. The highest BCUT2D eigenvalue weighted by Crippen LogP contribution is 2.49. The van der Waals surface area contributed by atoms with Crippen LogP contribution in [0.25, 0.3) is 10.9 Å². The van der Waals surface area contributed by atoms with Crippen LogP contribution in [-0.2, 0) is 11.6 Å². The van der Waals surface area contributed by atoms with Crippen molar-refractivity contribution in [3.8, 4) is 0 Å².